The molecule has 0 heterocycles. The van der Waals surface area contributed by atoms with Gasteiger partial charge in [0.15, 0.2) is 0 Å². The molecule has 2 rings (SSSR count). The van der Waals surface area contributed by atoms with Crippen LogP contribution < -0.4 is 19.1 Å². The smallest absolute Gasteiger partial charge is 0.241 e. The molecule has 0 aliphatic carbocycles. The monoisotopic (exact) mass is 426 g/mol. The van der Waals surface area contributed by atoms with E-state index in [1.54, 1.807) is 62.6 Å². The highest BCUT2D eigenvalue weighted by Gasteiger charge is 2.21. The van der Waals surface area contributed by atoms with E-state index in [9.17, 15) is 13.2 Å². The third-order valence-electron chi connectivity index (χ3n) is 3.77. The minimum Gasteiger partial charge on any atom is -0.497 e. The first kappa shape index (κ1) is 21.8. The van der Waals surface area contributed by atoms with Gasteiger partial charge in [0.1, 0.15) is 24.7 Å². The van der Waals surface area contributed by atoms with Crippen molar-refractivity contribution in [2.24, 2.45) is 0 Å². The molecule has 0 unspecified atom stereocenters. The van der Waals surface area contributed by atoms with Crippen LogP contribution in [0, 0.1) is 0 Å². The fourth-order valence-corrected chi connectivity index (χ4v) is 3.38. The van der Waals surface area contributed by atoms with Gasteiger partial charge in [-0.05, 0) is 55.5 Å². The zero-order valence-corrected chi connectivity index (χ0v) is 17.5. The van der Waals surface area contributed by atoms with Gasteiger partial charge >= 0.3 is 0 Å². The summed E-state index contributed by atoms with van der Waals surface area (Å²) < 4.78 is 35.9. The predicted octanol–water partition coefficient (Wildman–Crippen LogP) is 2.70. The molecule has 0 saturated carbocycles. The first-order valence-corrected chi connectivity index (χ1v) is 10.7. The van der Waals surface area contributed by atoms with Crippen molar-refractivity contribution in [3.8, 4) is 11.5 Å². The van der Waals surface area contributed by atoms with Gasteiger partial charge in [-0.15, -0.1) is 0 Å². The molecule has 0 saturated heterocycles. The average molecular weight is 427 g/mol. The lowest BCUT2D eigenvalue weighted by Crippen LogP contribution is -2.44. The number of nitrogens with zero attached hydrogens (tertiary/aromatic N) is 1. The first-order valence-electron chi connectivity index (χ1n) is 8.48. The molecule has 0 spiro atoms. The molecule has 1 N–H and O–H groups in total. The van der Waals surface area contributed by atoms with E-state index < -0.39 is 15.9 Å². The second kappa shape index (κ2) is 9.66. The van der Waals surface area contributed by atoms with Crippen LogP contribution >= 0.6 is 11.6 Å². The molecule has 0 radical (unpaired) electrons. The van der Waals surface area contributed by atoms with Crippen molar-refractivity contribution in [2.45, 2.75) is 13.0 Å². The van der Waals surface area contributed by atoms with Gasteiger partial charge in [-0.1, -0.05) is 11.6 Å². The van der Waals surface area contributed by atoms with Crippen LogP contribution in [-0.2, 0) is 14.8 Å². The zero-order chi connectivity index (χ0) is 20.7. The molecule has 2 aromatic carbocycles. The second-order valence-corrected chi connectivity index (χ2v) is 8.54. The summed E-state index contributed by atoms with van der Waals surface area (Å²) in [6.45, 7) is 1.67. The van der Waals surface area contributed by atoms with Gasteiger partial charge in [-0.3, -0.25) is 9.10 Å². The van der Waals surface area contributed by atoms with Crippen LogP contribution in [0.2, 0.25) is 5.02 Å². The molecule has 152 valence electrons. The van der Waals surface area contributed by atoms with Gasteiger partial charge < -0.3 is 14.8 Å². The molecular formula is C19H23ClN2O5S. The van der Waals surface area contributed by atoms with Gasteiger partial charge in [0.25, 0.3) is 0 Å². The number of sulfonamides is 1. The van der Waals surface area contributed by atoms with Gasteiger partial charge in [-0.25, -0.2) is 8.42 Å². The summed E-state index contributed by atoms with van der Waals surface area (Å²) in [7, 11) is -2.06. The number of nitrogens with one attached hydrogen (secondary N) is 1. The van der Waals surface area contributed by atoms with E-state index in [0.717, 1.165) is 16.3 Å². The molecule has 1 amide bonds. The minimum atomic E-state index is -3.64. The highest BCUT2D eigenvalue weighted by Crippen LogP contribution is 2.20. The lowest BCUT2D eigenvalue weighted by molar-refractivity contribution is -0.120. The molecule has 0 bridgehead atoms. The number of methoxy groups -OCH3 is 1. The van der Waals surface area contributed by atoms with Crippen LogP contribution in [0.5, 0.6) is 11.5 Å². The van der Waals surface area contributed by atoms with Gasteiger partial charge in [0.2, 0.25) is 15.9 Å². The second-order valence-electron chi connectivity index (χ2n) is 6.20. The Labute approximate surface area is 170 Å². The Morgan fingerprint density at radius 3 is 2.21 bits per heavy atom. The lowest BCUT2D eigenvalue weighted by atomic mass is 10.3. The number of carbonyl (C=O) groups excluding carboxylic acids is 1. The summed E-state index contributed by atoms with van der Waals surface area (Å²) >= 11 is 5.84. The van der Waals surface area contributed by atoms with Crippen molar-refractivity contribution in [3.05, 3.63) is 53.6 Å². The normalized spacial score (nSPS) is 12.1. The fraction of sp³-hybridized carbons (Fsp3) is 0.316. The number of halogens is 1. The van der Waals surface area contributed by atoms with E-state index in [0.29, 0.717) is 16.5 Å². The van der Waals surface area contributed by atoms with Gasteiger partial charge in [0, 0.05) is 5.02 Å². The van der Waals surface area contributed by atoms with Crippen molar-refractivity contribution in [1.29, 1.82) is 0 Å². The molecule has 2 aromatic rings. The topological polar surface area (TPSA) is 84.9 Å². The average Bonchev–Trinajstić information content (AvgIpc) is 2.65. The van der Waals surface area contributed by atoms with E-state index >= 15 is 0 Å². The maximum atomic E-state index is 12.3. The Morgan fingerprint density at radius 1 is 1.11 bits per heavy atom. The Morgan fingerprint density at radius 2 is 1.68 bits per heavy atom. The molecule has 7 nitrogen and oxygen atoms in total. The van der Waals surface area contributed by atoms with E-state index in [4.69, 9.17) is 21.1 Å². The molecular weight excluding hydrogens is 404 g/mol. The number of carbonyl (C=O) groups is 1. The Balaban J connectivity index is 1.93. The number of anilines is 1. The largest absolute Gasteiger partial charge is 0.497 e. The molecule has 0 aromatic heterocycles. The van der Waals surface area contributed by atoms with E-state index in [2.05, 4.69) is 5.32 Å². The fourth-order valence-electron chi connectivity index (χ4n) is 2.39. The number of hydrogen-bond donors (Lipinski definition) is 1. The number of amides is 1. The van der Waals surface area contributed by atoms with Crippen molar-refractivity contribution < 1.29 is 22.7 Å². The number of benzene rings is 2. The van der Waals surface area contributed by atoms with Crippen LogP contribution in [0.4, 0.5) is 5.69 Å². The maximum Gasteiger partial charge on any atom is 0.241 e. The summed E-state index contributed by atoms with van der Waals surface area (Å²) in [6.07, 6.45) is 1.05. The molecule has 0 fully saturated rings. The third-order valence-corrected chi connectivity index (χ3v) is 5.16. The van der Waals surface area contributed by atoms with Crippen molar-refractivity contribution in [2.75, 3.05) is 30.8 Å². The molecule has 28 heavy (non-hydrogen) atoms. The Hall–Kier alpha value is -2.45. The van der Waals surface area contributed by atoms with Crippen molar-refractivity contribution in [1.82, 2.24) is 5.32 Å². The van der Waals surface area contributed by atoms with Crippen LogP contribution in [0.3, 0.4) is 0 Å². The Bertz CT molecular complexity index is 886. The van der Waals surface area contributed by atoms with E-state index in [1.165, 1.54) is 0 Å². The summed E-state index contributed by atoms with van der Waals surface area (Å²) in [5.74, 6) is 0.920. The highest BCUT2D eigenvalue weighted by atomic mass is 35.5. The van der Waals surface area contributed by atoms with Crippen LogP contribution in [-0.4, -0.2) is 46.9 Å². The van der Waals surface area contributed by atoms with Gasteiger partial charge in [-0.2, -0.15) is 0 Å². The summed E-state index contributed by atoms with van der Waals surface area (Å²) in [4.78, 5) is 12.3. The highest BCUT2D eigenvalue weighted by molar-refractivity contribution is 7.92. The quantitative estimate of drug-likeness (QED) is 0.666. The zero-order valence-electron chi connectivity index (χ0n) is 15.9. The lowest BCUT2D eigenvalue weighted by Gasteiger charge is -2.23. The molecule has 9 heteroatoms. The number of hydrogen-bond acceptors (Lipinski definition) is 5. The van der Waals surface area contributed by atoms with Crippen molar-refractivity contribution >= 4 is 33.2 Å². The summed E-state index contributed by atoms with van der Waals surface area (Å²) in [5.41, 5.74) is 0.365. The van der Waals surface area contributed by atoms with E-state index in [1.807, 2.05) is 0 Å². The summed E-state index contributed by atoms with van der Waals surface area (Å²) in [5, 5.41) is 3.21. The Kier molecular flexibility index (Phi) is 7.53. The van der Waals surface area contributed by atoms with Gasteiger partial charge in [0.05, 0.1) is 25.1 Å². The third kappa shape index (κ3) is 6.61. The number of ether oxygens (including phenoxy) is 2. The van der Waals surface area contributed by atoms with E-state index in [-0.39, 0.29) is 19.2 Å². The summed E-state index contributed by atoms with van der Waals surface area (Å²) in [6, 6.07) is 13.0. The standard InChI is InChI=1S/C19H23ClN2O5S/c1-14(13-27-18-10-8-17(26-2)9-11-18)21-19(23)12-22(28(3,24)25)16-6-4-15(20)5-7-16/h4-11,14H,12-13H2,1-3H3,(H,21,23)/t14-/m0/s1. The number of rotatable bonds is 9. The molecule has 0 aliphatic heterocycles. The SMILES string of the molecule is COc1ccc(OC[C@H](C)NC(=O)CN(c2ccc(Cl)cc2)S(C)(=O)=O)cc1. The van der Waals surface area contributed by atoms with Crippen LogP contribution in [0.25, 0.3) is 0 Å². The maximum absolute atomic E-state index is 12.3. The van der Waals surface area contributed by atoms with Crippen molar-refractivity contribution in [3.63, 3.8) is 0 Å². The molecule has 1 atom stereocenters. The predicted molar refractivity (Wildman–Crippen MR) is 110 cm³/mol. The molecule has 0 aliphatic rings. The minimum absolute atomic E-state index is 0.234. The van der Waals surface area contributed by atoms with Crippen LogP contribution in [0.1, 0.15) is 6.92 Å². The first-order chi connectivity index (χ1) is 13.2. The van der Waals surface area contributed by atoms with Crippen LogP contribution in [0.15, 0.2) is 48.5 Å².